The number of hydrogen-bond donors (Lipinski definition) is 1. The van der Waals surface area contributed by atoms with Crippen LogP contribution < -0.4 is 9.62 Å². The average molecular weight is 670 g/mol. The molecular formula is C40H51N3O4S. The topological polar surface area (TPSA) is 86.8 Å². The molecule has 4 aliphatic carbocycles. The minimum atomic E-state index is -3.83. The smallest absolute Gasteiger partial charge is 0.244 e. The molecule has 7 nitrogen and oxygen atoms in total. The summed E-state index contributed by atoms with van der Waals surface area (Å²) in [7, 11) is -3.83. The molecule has 4 bridgehead atoms. The molecule has 0 aromatic heterocycles. The third kappa shape index (κ3) is 7.80. The molecule has 1 N–H and O–H groups in total. The van der Waals surface area contributed by atoms with Gasteiger partial charge in [0.1, 0.15) is 12.6 Å². The Balaban J connectivity index is 1.31. The lowest BCUT2D eigenvalue weighted by atomic mass is 9.48. The summed E-state index contributed by atoms with van der Waals surface area (Å²) in [6, 6.07) is 24.6. The van der Waals surface area contributed by atoms with Crippen LogP contribution in [0.2, 0.25) is 0 Å². The highest BCUT2D eigenvalue weighted by Crippen LogP contribution is 2.60. The van der Waals surface area contributed by atoms with Gasteiger partial charge in [-0.15, -0.1) is 0 Å². The van der Waals surface area contributed by atoms with Gasteiger partial charge in [-0.2, -0.15) is 0 Å². The zero-order chi connectivity index (χ0) is 34.3. The SMILES string of the molecule is Cc1ccc(CN(C(=O)CN(c2ccc(C34CC5CC(CC(C5)C3)C4)cc2)S(C)(=O)=O)[C@@H](Cc2ccccc2)C(=O)NC(C)(C)C)cc1. The van der Waals surface area contributed by atoms with E-state index in [9.17, 15) is 18.0 Å². The number of carbonyl (C=O) groups is 2. The fourth-order valence-electron chi connectivity index (χ4n) is 8.96. The maximum atomic E-state index is 14.5. The molecule has 3 aromatic rings. The summed E-state index contributed by atoms with van der Waals surface area (Å²) in [5.41, 5.74) is 4.29. The van der Waals surface area contributed by atoms with Crippen molar-refractivity contribution in [3.05, 3.63) is 101 Å². The molecule has 48 heavy (non-hydrogen) atoms. The third-order valence-electron chi connectivity index (χ3n) is 10.7. The van der Waals surface area contributed by atoms with Crippen LogP contribution in [0.4, 0.5) is 5.69 Å². The number of benzene rings is 3. The van der Waals surface area contributed by atoms with Crippen LogP contribution in [0.3, 0.4) is 0 Å². The summed E-state index contributed by atoms with van der Waals surface area (Å²) >= 11 is 0. The van der Waals surface area contributed by atoms with E-state index >= 15 is 0 Å². The fourth-order valence-corrected chi connectivity index (χ4v) is 9.81. The van der Waals surface area contributed by atoms with E-state index in [2.05, 4.69) is 17.4 Å². The number of rotatable bonds is 11. The van der Waals surface area contributed by atoms with Gasteiger partial charge in [-0.25, -0.2) is 8.42 Å². The molecule has 4 saturated carbocycles. The Kier molecular flexibility index (Phi) is 9.51. The fraction of sp³-hybridized carbons (Fsp3) is 0.500. The summed E-state index contributed by atoms with van der Waals surface area (Å²) in [4.78, 5) is 30.0. The first kappa shape index (κ1) is 34.2. The molecule has 0 unspecified atom stereocenters. The summed E-state index contributed by atoms with van der Waals surface area (Å²) in [6.45, 7) is 7.49. The van der Waals surface area contributed by atoms with Crippen molar-refractivity contribution in [1.82, 2.24) is 10.2 Å². The number of amides is 2. The van der Waals surface area contributed by atoms with E-state index in [1.54, 1.807) is 4.90 Å². The van der Waals surface area contributed by atoms with Crippen LogP contribution in [0, 0.1) is 24.7 Å². The first-order valence-corrected chi connectivity index (χ1v) is 19.3. The molecule has 1 atom stereocenters. The number of hydrogen-bond acceptors (Lipinski definition) is 4. The predicted molar refractivity (Wildman–Crippen MR) is 192 cm³/mol. The summed E-state index contributed by atoms with van der Waals surface area (Å²) < 4.78 is 27.9. The van der Waals surface area contributed by atoms with Gasteiger partial charge in [-0.3, -0.25) is 13.9 Å². The summed E-state index contributed by atoms with van der Waals surface area (Å²) in [5.74, 6) is 1.70. The molecule has 7 rings (SSSR count). The van der Waals surface area contributed by atoms with Gasteiger partial charge in [0.25, 0.3) is 0 Å². The first-order valence-electron chi connectivity index (χ1n) is 17.5. The zero-order valence-corrected chi connectivity index (χ0v) is 29.9. The third-order valence-corrected chi connectivity index (χ3v) is 11.9. The zero-order valence-electron chi connectivity index (χ0n) is 29.1. The van der Waals surface area contributed by atoms with E-state index in [0.29, 0.717) is 12.1 Å². The lowest BCUT2D eigenvalue weighted by Crippen LogP contribution is -2.56. The van der Waals surface area contributed by atoms with Crippen LogP contribution in [-0.4, -0.2) is 49.5 Å². The van der Waals surface area contributed by atoms with Crippen LogP contribution in [-0.2, 0) is 38.0 Å². The van der Waals surface area contributed by atoms with Crippen molar-refractivity contribution < 1.29 is 18.0 Å². The average Bonchev–Trinajstić information content (AvgIpc) is 3.01. The monoisotopic (exact) mass is 669 g/mol. The largest absolute Gasteiger partial charge is 0.350 e. The van der Waals surface area contributed by atoms with E-state index in [4.69, 9.17) is 0 Å². The number of anilines is 1. The van der Waals surface area contributed by atoms with Crippen LogP contribution in [0.5, 0.6) is 0 Å². The van der Waals surface area contributed by atoms with Crippen LogP contribution >= 0.6 is 0 Å². The van der Waals surface area contributed by atoms with Crippen molar-refractivity contribution in [3.8, 4) is 0 Å². The minimum Gasteiger partial charge on any atom is -0.350 e. The second kappa shape index (κ2) is 13.3. The molecule has 0 aliphatic heterocycles. The Hall–Kier alpha value is -3.65. The van der Waals surface area contributed by atoms with E-state index in [-0.39, 0.29) is 17.9 Å². The molecule has 3 aromatic carbocycles. The molecule has 0 radical (unpaired) electrons. The lowest BCUT2D eigenvalue weighted by molar-refractivity contribution is -0.140. The Labute approximate surface area is 287 Å². The number of nitrogens with zero attached hydrogens (tertiary/aromatic N) is 2. The van der Waals surface area contributed by atoms with Gasteiger partial charge in [-0.05, 0) is 118 Å². The van der Waals surface area contributed by atoms with Crippen LogP contribution in [0.1, 0.15) is 81.5 Å². The van der Waals surface area contributed by atoms with E-state index < -0.39 is 34.1 Å². The molecule has 0 heterocycles. The predicted octanol–water partition coefficient (Wildman–Crippen LogP) is 6.78. The number of nitrogens with one attached hydrogen (secondary N) is 1. The Morgan fingerprint density at radius 2 is 1.40 bits per heavy atom. The van der Waals surface area contributed by atoms with Crippen molar-refractivity contribution in [2.75, 3.05) is 17.1 Å². The molecule has 2 amide bonds. The van der Waals surface area contributed by atoms with Gasteiger partial charge >= 0.3 is 0 Å². The van der Waals surface area contributed by atoms with Crippen molar-refractivity contribution in [1.29, 1.82) is 0 Å². The second-order valence-electron chi connectivity index (χ2n) is 16.0. The Morgan fingerprint density at radius 1 is 0.833 bits per heavy atom. The van der Waals surface area contributed by atoms with Gasteiger partial charge in [0.2, 0.25) is 21.8 Å². The second-order valence-corrected chi connectivity index (χ2v) is 17.9. The van der Waals surface area contributed by atoms with Crippen molar-refractivity contribution in [2.45, 2.75) is 96.2 Å². The van der Waals surface area contributed by atoms with Crippen LogP contribution in [0.15, 0.2) is 78.9 Å². The van der Waals surface area contributed by atoms with Crippen molar-refractivity contribution in [3.63, 3.8) is 0 Å². The normalized spacial score (nSPS) is 23.8. The van der Waals surface area contributed by atoms with E-state index in [1.165, 1.54) is 48.4 Å². The quantitative estimate of drug-likeness (QED) is 0.244. The molecule has 0 spiro atoms. The maximum Gasteiger partial charge on any atom is 0.244 e. The number of sulfonamides is 1. The standard InChI is InChI=1S/C40H51N3O4S/c1-28-11-13-30(14-12-28)26-42(36(38(45)41-39(2,3)4)22-29-9-7-6-8-10-29)37(44)27-43(48(5,46)47)35-17-15-34(16-18-35)40-23-31-19-32(24-40)21-33(20-31)25-40/h6-18,31-33,36H,19-27H2,1-5H3,(H,41,45)/t31?,32?,33?,36-,40?/m0/s1. The Morgan fingerprint density at radius 3 is 1.92 bits per heavy atom. The van der Waals surface area contributed by atoms with Gasteiger partial charge in [0, 0.05) is 18.5 Å². The summed E-state index contributed by atoms with van der Waals surface area (Å²) in [5, 5.41) is 3.08. The van der Waals surface area contributed by atoms with Crippen molar-refractivity contribution in [2.24, 2.45) is 17.8 Å². The van der Waals surface area contributed by atoms with Gasteiger partial charge in [-0.1, -0.05) is 72.3 Å². The highest BCUT2D eigenvalue weighted by Gasteiger charge is 2.51. The number of carbonyl (C=O) groups excluding carboxylic acids is 2. The maximum absolute atomic E-state index is 14.5. The molecular weight excluding hydrogens is 619 g/mol. The molecule has 8 heteroatoms. The number of aryl methyl sites for hydroxylation is 1. The van der Waals surface area contributed by atoms with Crippen molar-refractivity contribution >= 4 is 27.5 Å². The van der Waals surface area contributed by atoms with Gasteiger partial charge in [0.15, 0.2) is 0 Å². The molecule has 4 aliphatic rings. The minimum absolute atomic E-state index is 0.163. The summed E-state index contributed by atoms with van der Waals surface area (Å²) in [6.07, 6.45) is 9.18. The molecule has 256 valence electrons. The van der Waals surface area contributed by atoms with E-state index in [1.807, 2.05) is 94.4 Å². The van der Waals surface area contributed by atoms with Gasteiger partial charge in [0.05, 0.1) is 11.9 Å². The highest BCUT2D eigenvalue weighted by atomic mass is 32.2. The Bertz CT molecular complexity index is 1680. The molecule has 4 fully saturated rings. The lowest BCUT2D eigenvalue weighted by Gasteiger charge is -2.57. The van der Waals surface area contributed by atoms with Crippen LogP contribution in [0.25, 0.3) is 0 Å². The first-order chi connectivity index (χ1) is 22.7. The van der Waals surface area contributed by atoms with E-state index in [0.717, 1.165) is 40.7 Å². The van der Waals surface area contributed by atoms with Gasteiger partial charge < -0.3 is 10.2 Å². The highest BCUT2D eigenvalue weighted by molar-refractivity contribution is 7.92. The molecule has 0 saturated heterocycles.